The minimum Gasteiger partial charge on any atom is -0.461 e. The monoisotopic (exact) mass is 524 g/mol. The minimum atomic E-state index is -0.367. The van der Waals surface area contributed by atoms with E-state index in [0.29, 0.717) is 30.3 Å². The zero-order chi connectivity index (χ0) is 27.9. The van der Waals surface area contributed by atoms with Gasteiger partial charge in [0.1, 0.15) is 6.61 Å². The van der Waals surface area contributed by atoms with Crippen LogP contribution in [-0.2, 0) is 9.53 Å². The Kier molecular flexibility index (Phi) is 6.90. The first kappa shape index (κ1) is 28.4. The molecule has 3 nitrogen and oxygen atoms in total. The molecule has 214 valence electrons. The fourth-order valence-electron chi connectivity index (χ4n) is 11.3. The van der Waals surface area contributed by atoms with Crippen LogP contribution in [0.3, 0.4) is 0 Å². The van der Waals surface area contributed by atoms with Crippen LogP contribution in [0.4, 0.5) is 0 Å². The van der Waals surface area contributed by atoms with Gasteiger partial charge in [-0.05, 0) is 129 Å². The lowest BCUT2D eigenvalue weighted by Crippen LogP contribution is -2.65. The van der Waals surface area contributed by atoms with Gasteiger partial charge in [-0.2, -0.15) is 0 Å². The van der Waals surface area contributed by atoms with Crippen molar-refractivity contribution >= 4 is 5.97 Å². The number of carbonyl (C=O) groups is 1. The summed E-state index contributed by atoms with van der Waals surface area (Å²) in [5.74, 6) is 2.66. The maximum atomic E-state index is 14.0. The van der Waals surface area contributed by atoms with Gasteiger partial charge in [-0.1, -0.05) is 65.7 Å². The molecule has 0 saturated heterocycles. The third kappa shape index (κ3) is 3.72. The van der Waals surface area contributed by atoms with Gasteiger partial charge in [-0.3, -0.25) is 4.79 Å². The van der Waals surface area contributed by atoms with Gasteiger partial charge in [-0.15, -0.1) is 0 Å². The van der Waals surface area contributed by atoms with Gasteiger partial charge in [-0.25, -0.2) is 0 Å². The Bertz CT molecular complexity index is 1020. The van der Waals surface area contributed by atoms with E-state index in [1.54, 1.807) is 5.57 Å². The second kappa shape index (κ2) is 9.22. The molecule has 5 rings (SSSR count). The van der Waals surface area contributed by atoms with Crippen LogP contribution >= 0.6 is 0 Å². The van der Waals surface area contributed by atoms with Gasteiger partial charge in [0.25, 0.3) is 0 Å². The predicted octanol–water partition coefficient (Wildman–Crippen LogP) is 8.51. The summed E-state index contributed by atoms with van der Waals surface area (Å²) >= 11 is 0. The van der Waals surface area contributed by atoms with Gasteiger partial charge in [0, 0.05) is 0 Å². The fraction of sp³-hybridized carbons (Fsp3) is 0.857. The van der Waals surface area contributed by atoms with E-state index < -0.39 is 0 Å². The van der Waals surface area contributed by atoms with Gasteiger partial charge in [0.15, 0.2) is 0 Å². The predicted molar refractivity (Wildman–Crippen MR) is 155 cm³/mol. The molecule has 0 aromatic heterocycles. The normalized spacial score (nSPS) is 49.4. The van der Waals surface area contributed by atoms with Gasteiger partial charge < -0.3 is 9.84 Å². The second-order valence-electron chi connectivity index (χ2n) is 16.1. The first-order chi connectivity index (χ1) is 17.6. The molecule has 38 heavy (non-hydrogen) atoms. The van der Waals surface area contributed by atoms with E-state index in [4.69, 9.17) is 4.74 Å². The molecule has 0 aromatic rings. The van der Waals surface area contributed by atoms with Crippen molar-refractivity contribution in [3.63, 3.8) is 0 Å². The summed E-state index contributed by atoms with van der Waals surface area (Å²) in [7, 11) is 0. The largest absolute Gasteiger partial charge is 0.461 e. The Labute approximate surface area is 233 Å². The van der Waals surface area contributed by atoms with E-state index in [9.17, 15) is 9.90 Å². The topological polar surface area (TPSA) is 46.5 Å². The number of fused-ring (bicyclic) bond motifs is 7. The molecule has 0 aromatic carbocycles. The van der Waals surface area contributed by atoms with Crippen LogP contribution in [0.25, 0.3) is 0 Å². The lowest BCUT2D eigenvalue weighted by molar-refractivity contribution is -0.207. The van der Waals surface area contributed by atoms with E-state index in [1.165, 1.54) is 18.4 Å². The molecule has 0 spiro atoms. The Morgan fingerprint density at radius 1 is 0.974 bits per heavy atom. The lowest BCUT2D eigenvalue weighted by atomic mass is 9.33. The molecule has 5 aliphatic rings. The smallest absolute Gasteiger partial charge is 0.313 e. The molecule has 0 heterocycles. The number of hydrogen-bond acceptors (Lipinski definition) is 3. The van der Waals surface area contributed by atoms with Gasteiger partial charge >= 0.3 is 5.97 Å². The van der Waals surface area contributed by atoms with Crippen LogP contribution < -0.4 is 0 Å². The third-order valence-corrected chi connectivity index (χ3v) is 14.1. The maximum absolute atomic E-state index is 14.0. The number of esters is 1. The molecule has 5 aliphatic carbocycles. The Balaban J connectivity index is 1.55. The average Bonchev–Trinajstić information content (AvgIpc) is 2.84. The molecular formula is C35H56O3. The highest BCUT2D eigenvalue weighted by atomic mass is 16.5. The second-order valence-corrected chi connectivity index (χ2v) is 16.1. The summed E-state index contributed by atoms with van der Waals surface area (Å²) in [6.07, 6.45) is 14.3. The van der Waals surface area contributed by atoms with E-state index in [0.717, 1.165) is 44.9 Å². The summed E-state index contributed by atoms with van der Waals surface area (Å²) in [4.78, 5) is 14.0. The average molecular weight is 525 g/mol. The molecule has 4 saturated carbocycles. The molecule has 4 fully saturated rings. The van der Waals surface area contributed by atoms with Crippen molar-refractivity contribution in [1.82, 2.24) is 0 Å². The standard InChI is InChI=1S/C35H56O3/c1-22(2)15-21-38-30(37)35-18-12-23(3)24(4)29(35)25-10-11-27-32(7)16-14-28(36)31(5,6)26(32)13-17-34(27,9)33(25,8)19-20-35/h10,15,23-24,26-29,36H,11-14,16-21H2,1-9H3/t23-,24+,26+,27-,28+,29+,32+,33-,34-,35+/m1/s1. The van der Waals surface area contributed by atoms with Crippen molar-refractivity contribution in [2.75, 3.05) is 6.61 Å². The summed E-state index contributed by atoms with van der Waals surface area (Å²) in [6.45, 7) is 21.8. The van der Waals surface area contributed by atoms with Crippen molar-refractivity contribution in [1.29, 1.82) is 0 Å². The number of aliphatic hydroxyl groups excluding tert-OH is 1. The summed E-state index contributed by atoms with van der Waals surface area (Å²) in [6, 6.07) is 0. The van der Waals surface area contributed by atoms with Crippen molar-refractivity contribution < 1.29 is 14.6 Å². The lowest BCUT2D eigenvalue weighted by Gasteiger charge is -2.71. The molecular weight excluding hydrogens is 468 g/mol. The number of allylic oxidation sites excluding steroid dienone is 3. The number of ether oxygens (including phenoxy) is 1. The highest BCUT2D eigenvalue weighted by Crippen LogP contribution is 2.75. The van der Waals surface area contributed by atoms with E-state index in [1.807, 2.05) is 6.08 Å². The van der Waals surface area contributed by atoms with Crippen LogP contribution in [0.15, 0.2) is 23.3 Å². The molecule has 0 radical (unpaired) electrons. The Morgan fingerprint density at radius 3 is 2.37 bits per heavy atom. The van der Waals surface area contributed by atoms with Crippen molar-refractivity contribution in [2.45, 2.75) is 126 Å². The molecule has 1 N–H and O–H groups in total. The van der Waals surface area contributed by atoms with Gasteiger partial charge in [0.05, 0.1) is 11.5 Å². The SMILES string of the molecule is CC(C)=CCOC(=O)[C@]12CC[C@@H](C)[C@H](C)[C@H]1C1=CC[C@@H]3[C@@]4(C)CC[C@H](O)C(C)(C)[C@@H]4CC[C@@]3(C)[C@]1(C)CC2. The minimum absolute atomic E-state index is 0.0245. The summed E-state index contributed by atoms with van der Waals surface area (Å²) < 4.78 is 6.03. The van der Waals surface area contributed by atoms with Crippen molar-refractivity contribution in [2.24, 2.45) is 56.7 Å². The number of carbonyl (C=O) groups excluding carboxylic acids is 1. The maximum Gasteiger partial charge on any atom is 0.313 e. The summed E-state index contributed by atoms with van der Waals surface area (Å²) in [5.41, 5.74) is 3.01. The number of hydrogen-bond donors (Lipinski definition) is 1. The third-order valence-electron chi connectivity index (χ3n) is 14.1. The molecule has 0 bridgehead atoms. The van der Waals surface area contributed by atoms with Crippen LogP contribution in [-0.4, -0.2) is 23.8 Å². The highest BCUT2D eigenvalue weighted by molar-refractivity contribution is 5.79. The zero-order valence-electron chi connectivity index (χ0n) is 26.0. The highest BCUT2D eigenvalue weighted by Gasteiger charge is 2.69. The van der Waals surface area contributed by atoms with E-state index in [-0.39, 0.29) is 45.1 Å². The fourth-order valence-corrected chi connectivity index (χ4v) is 11.3. The number of rotatable bonds is 3. The molecule has 0 unspecified atom stereocenters. The molecule has 0 amide bonds. The van der Waals surface area contributed by atoms with Gasteiger partial charge in [0.2, 0.25) is 0 Å². The van der Waals surface area contributed by atoms with E-state index >= 15 is 0 Å². The summed E-state index contributed by atoms with van der Waals surface area (Å²) in [5, 5.41) is 11.0. The number of aliphatic hydroxyl groups is 1. The van der Waals surface area contributed by atoms with E-state index in [2.05, 4.69) is 68.4 Å². The first-order valence-electron chi connectivity index (χ1n) is 15.8. The van der Waals surface area contributed by atoms with Crippen LogP contribution in [0.2, 0.25) is 0 Å². The molecule has 3 heteroatoms. The molecule has 10 atom stereocenters. The van der Waals surface area contributed by atoms with Crippen LogP contribution in [0.5, 0.6) is 0 Å². The molecule has 0 aliphatic heterocycles. The Hall–Kier alpha value is -1.09. The zero-order valence-corrected chi connectivity index (χ0v) is 26.0. The first-order valence-corrected chi connectivity index (χ1v) is 15.8. The van der Waals surface area contributed by atoms with Crippen molar-refractivity contribution in [3.05, 3.63) is 23.3 Å². The van der Waals surface area contributed by atoms with Crippen LogP contribution in [0.1, 0.15) is 120 Å². The quantitative estimate of drug-likeness (QED) is 0.297. The Morgan fingerprint density at radius 2 is 1.68 bits per heavy atom. The van der Waals surface area contributed by atoms with Crippen molar-refractivity contribution in [3.8, 4) is 0 Å². The van der Waals surface area contributed by atoms with Crippen LogP contribution in [0, 0.1) is 56.7 Å².